The molecule has 1 heterocycles. The molecular formula is C14H19N5O. The average Bonchev–Trinajstić information content (AvgIpc) is 3.30. The van der Waals surface area contributed by atoms with E-state index in [1.165, 1.54) is 12.8 Å². The van der Waals surface area contributed by atoms with Crippen LogP contribution >= 0.6 is 0 Å². The van der Waals surface area contributed by atoms with Crippen LogP contribution in [0.15, 0.2) is 24.3 Å². The second-order valence-electron chi connectivity index (χ2n) is 5.00. The van der Waals surface area contributed by atoms with Crippen LogP contribution in [0.4, 0.5) is 11.8 Å². The number of benzene rings is 1. The van der Waals surface area contributed by atoms with Crippen LogP contribution in [-0.4, -0.2) is 29.7 Å². The molecular weight excluding hydrogens is 254 g/mol. The predicted molar refractivity (Wildman–Crippen MR) is 79.4 cm³/mol. The van der Waals surface area contributed by atoms with Crippen LogP contribution in [0, 0.1) is 5.92 Å². The maximum Gasteiger partial charge on any atom is 0.239 e. The third-order valence-corrected chi connectivity index (χ3v) is 3.32. The zero-order valence-corrected chi connectivity index (χ0v) is 11.3. The number of ether oxygens (including phenoxy) is 1. The molecule has 0 unspecified atom stereocenters. The highest BCUT2D eigenvalue weighted by atomic mass is 16.5. The summed E-state index contributed by atoms with van der Waals surface area (Å²) in [6.07, 6.45) is 2.63. The fraction of sp³-hybridized carbons (Fsp3) is 0.429. The molecule has 0 spiro atoms. The van der Waals surface area contributed by atoms with Crippen molar-refractivity contribution in [2.75, 3.05) is 30.5 Å². The van der Waals surface area contributed by atoms with Crippen molar-refractivity contribution >= 4 is 22.7 Å². The Morgan fingerprint density at radius 3 is 2.90 bits per heavy atom. The second kappa shape index (κ2) is 6.02. The summed E-state index contributed by atoms with van der Waals surface area (Å²) in [6.45, 7) is 2.28. The first kappa shape index (κ1) is 13.1. The number of hydrogen-bond acceptors (Lipinski definition) is 6. The number of para-hydroxylation sites is 1. The molecule has 1 aromatic carbocycles. The van der Waals surface area contributed by atoms with Crippen molar-refractivity contribution < 1.29 is 4.74 Å². The Kier molecular flexibility index (Phi) is 3.94. The lowest BCUT2D eigenvalue weighted by atomic mass is 10.2. The van der Waals surface area contributed by atoms with Gasteiger partial charge in [0.15, 0.2) is 0 Å². The van der Waals surface area contributed by atoms with E-state index in [0.29, 0.717) is 12.6 Å². The number of anilines is 2. The lowest BCUT2D eigenvalue weighted by Gasteiger charge is -2.10. The molecule has 0 saturated heterocycles. The third-order valence-electron chi connectivity index (χ3n) is 3.32. The molecule has 0 radical (unpaired) electrons. The van der Waals surface area contributed by atoms with Crippen molar-refractivity contribution in [3.63, 3.8) is 0 Å². The number of nitrogens with zero attached hydrogens (tertiary/aromatic N) is 2. The number of nitrogens with two attached hydrogens (primary N) is 1. The molecule has 20 heavy (non-hydrogen) atoms. The standard InChI is InChI=1S/C14H19N5O/c15-19-14-17-12-4-2-1-3-11(12)13(18-14)16-7-8-20-9-10-5-6-10/h1-4,10H,5-9,15H2,(H2,16,17,18,19). The molecule has 6 nitrogen and oxygen atoms in total. The van der Waals surface area contributed by atoms with E-state index in [1.807, 2.05) is 24.3 Å². The fourth-order valence-corrected chi connectivity index (χ4v) is 2.05. The topological polar surface area (TPSA) is 85.1 Å². The molecule has 0 amide bonds. The van der Waals surface area contributed by atoms with E-state index in [9.17, 15) is 0 Å². The van der Waals surface area contributed by atoms with Crippen LogP contribution in [-0.2, 0) is 4.74 Å². The Balaban J connectivity index is 1.65. The maximum absolute atomic E-state index is 5.60. The quantitative estimate of drug-likeness (QED) is 0.405. The van der Waals surface area contributed by atoms with Crippen LogP contribution in [0.5, 0.6) is 0 Å². The summed E-state index contributed by atoms with van der Waals surface area (Å²) in [7, 11) is 0. The van der Waals surface area contributed by atoms with Crippen LogP contribution in [0.1, 0.15) is 12.8 Å². The van der Waals surface area contributed by atoms with Crippen molar-refractivity contribution in [1.82, 2.24) is 9.97 Å². The number of hydrogen-bond donors (Lipinski definition) is 3. The molecule has 0 aliphatic heterocycles. The van der Waals surface area contributed by atoms with E-state index in [0.717, 1.165) is 35.8 Å². The van der Waals surface area contributed by atoms with Gasteiger partial charge in [-0.3, -0.25) is 5.43 Å². The summed E-state index contributed by atoms with van der Waals surface area (Å²) in [6, 6.07) is 7.84. The Hall–Kier alpha value is -1.92. The number of nitrogens with one attached hydrogen (secondary N) is 2. The highest BCUT2D eigenvalue weighted by Gasteiger charge is 2.20. The number of fused-ring (bicyclic) bond motifs is 1. The number of hydrazine groups is 1. The van der Waals surface area contributed by atoms with Gasteiger partial charge in [-0.15, -0.1) is 0 Å². The molecule has 1 fully saturated rings. The predicted octanol–water partition coefficient (Wildman–Crippen LogP) is 1.75. The molecule has 1 aliphatic carbocycles. The maximum atomic E-state index is 5.60. The van der Waals surface area contributed by atoms with Crippen molar-refractivity contribution in [3.05, 3.63) is 24.3 Å². The molecule has 2 aromatic rings. The normalized spacial score (nSPS) is 14.4. The Labute approximate surface area is 117 Å². The van der Waals surface area contributed by atoms with Gasteiger partial charge in [-0.2, -0.15) is 4.98 Å². The summed E-state index contributed by atoms with van der Waals surface area (Å²) in [5.74, 6) is 7.38. The van der Waals surface area contributed by atoms with Gasteiger partial charge in [0.25, 0.3) is 0 Å². The minimum Gasteiger partial charge on any atom is -0.379 e. The van der Waals surface area contributed by atoms with Crippen molar-refractivity contribution in [1.29, 1.82) is 0 Å². The molecule has 6 heteroatoms. The van der Waals surface area contributed by atoms with Crippen LogP contribution in [0.25, 0.3) is 10.9 Å². The highest BCUT2D eigenvalue weighted by Crippen LogP contribution is 2.28. The van der Waals surface area contributed by atoms with E-state index in [1.54, 1.807) is 0 Å². The Morgan fingerprint density at radius 2 is 2.10 bits per heavy atom. The smallest absolute Gasteiger partial charge is 0.239 e. The van der Waals surface area contributed by atoms with E-state index in [-0.39, 0.29) is 0 Å². The van der Waals surface area contributed by atoms with Crippen molar-refractivity contribution in [2.45, 2.75) is 12.8 Å². The molecule has 3 rings (SSSR count). The van der Waals surface area contributed by atoms with Crippen molar-refractivity contribution in [2.24, 2.45) is 11.8 Å². The lowest BCUT2D eigenvalue weighted by molar-refractivity contribution is 0.134. The monoisotopic (exact) mass is 273 g/mol. The van der Waals surface area contributed by atoms with Crippen LogP contribution in [0.2, 0.25) is 0 Å². The largest absolute Gasteiger partial charge is 0.379 e. The zero-order valence-electron chi connectivity index (χ0n) is 11.3. The highest BCUT2D eigenvalue weighted by molar-refractivity contribution is 5.89. The van der Waals surface area contributed by atoms with Crippen LogP contribution < -0.4 is 16.6 Å². The summed E-state index contributed by atoms with van der Waals surface area (Å²) >= 11 is 0. The lowest BCUT2D eigenvalue weighted by Crippen LogP contribution is -2.15. The van der Waals surface area contributed by atoms with Gasteiger partial charge in [-0.25, -0.2) is 10.8 Å². The summed E-state index contributed by atoms with van der Waals surface area (Å²) < 4.78 is 5.60. The summed E-state index contributed by atoms with van der Waals surface area (Å²) in [5.41, 5.74) is 3.35. The van der Waals surface area contributed by atoms with Gasteiger partial charge in [0.1, 0.15) is 5.82 Å². The van der Waals surface area contributed by atoms with Crippen molar-refractivity contribution in [3.8, 4) is 0 Å². The van der Waals surface area contributed by atoms with E-state index >= 15 is 0 Å². The Bertz CT molecular complexity index is 585. The van der Waals surface area contributed by atoms with Gasteiger partial charge in [0.2, 0.25) is 5.95 Å². The Morgan fingerprint density at radius 1 is 1.25 bits per heavy atom. The average molecular weight is 273 g/mol. The third kappa shape index (κ3) is 3.15. The summed E-state index contributed by atoms with van der Waals surface area (Å²) in [4.78, 5) is 8.66. The van der Waals surface area contributed by atoms with Gasteiger partial charge in [0.05, 0.1) is 12.1 Å². The number of aromatic nitrogens is 2. The molecule has 1 saturated carbocycles. The molecule has 0 bridgehead atoms. The van der Waals surface area contributed by atoms with Gasteiger partial charge >= 0.3 is 0 Å². The first-order valence-corrected chi connectivity index (χ1v) is 6.92. The fourth-order valence-electron chi connectivity index (χ4n) is 2.05. The summed E-state index contributed by atoms with van der Waals surface area (Å²) in [5, 5.41) is 4.27. The number of rotatable bonds is 7. The zero-order chi connectivity index (χ0) is 13.8. The minimum absolute atomic E-state index is 0.407. The first-order valence-electron chi connectivity index (χ1n) is 6.92. The van der Waals surface area contributed by atoms with E-state index in [2.05, 4.69) is 20.7 Å². The first-order chi connectivity index (χ1) is 9.86. The SMILES string of the molecule is NNc1nc(NCCOCC2CC2)c2ccccc2n1. The van der Waals surface area contributed by atoms with Crippen LogP contribution in [0.3, 0.4) is 0 Å². The van der Waals surface area contributed by atoms with Gasteiger partial charge in [0, 0.05) is 18.5 Å². The van der Waals surface area contributed by atoms with E-state index < -0.39 is 0 Å². The second-order valence-corrected chi connectivity index (χ2v) is 5.00. The van der Waals surface area contributed by atoms with Gasteiger partial charge in [-0.05, 0) is 30.9 Å². The molecule has 106 valence electrons. The van der Waals surface area contributed by atoms with E-state index in [4.69, 9.17) is 10.6 Å². The molecule has 0 atom stereocenters. The van der Waals surface area contributed by atoms with Gasteiger partial charge < -0.3 is 10.1 Å². The number of nitrogen functional groups attached to an aromatic ring is 1. The minimum atomic E-state index is 0.407. The molecule has 1 aromatic heterocycles. The molecule has 1 aliphatic rings. The molecule has 4 N–H and O–H groups in total. The van der Waals surface area contributed by atoms with Gasteiger partial charge in [-0.1, -0.05) is 12.1 Å².